The zero-order valence-corrected chi connectivity index (χ0v) is 10.2. The van der Waals surface area contributed by atoms with Crippen molar-refractivity contribution in [2.24, 2.45) is 0 Å². The Morgan fingerprint density at radius 1 is 1.06 bits per heavy atom. The second kappa shape index (κ2) is 5.23. The second-order valence-corrected chi connectivity index (χ2v) is 4.06. The van der Waals surface area contributed by atoms with Crippen molar-refractivity contribution in [2.75, 3.05) is 7.05 Å². The lowest BCUT2D eigenvalue weighted by molar-refractivity contribution is 0.517. The number of nitrogens with zero attached hydrogens (tertiary/aromatic N) is 1. The van der Waals surface area contributed by atoms with Gasteiger partial charge in [-0.15, -0.1) is 0 Å². The summed E-state index contributed by atoms with van der Waals surface area (Å²) in [4.78, 5) is 4.31. The maximum absolute atomic E-state index is 13.8. The lowest BCUT2D eigenvalue weighted by Gasteiger charge is -2.18. The number of rotatable bonds is 3. The molecule has 1 N–H and O–H groups in total. The number of nitrogens with one attached hydrogen (secondary N) is 1. The minimum absolute atomic E-state index is 0.00176. The predicted molar refractivity (Wildman–Crippen MR) is 66.2 cm³/mol. The van der Waals surface area contributed by atoms with E-state index in [-0.39, 0.29) is 5.56 Å². The molecule has 1 aromatic heterocycles. The molecule has 0 aliphatic heterocycles. The topological polar surface area (TPSA) is 24.9 Å². The average Bonchev–Trinajstić information content (AvgIpc) is 2.34. The molecule has 2 nitrogen and oxygen atoms in total. The molecule has 0 aliphatic rings. The number of hydrogen-bond donors (Lipinski definition) is 1. The first-order valence-electron chi connectivity index (χ1n) is 5.68. The molecule has 4 heteroatoms. The molecular weight excluding hydrogens is 234 g/mol. The van der Waals surface area contributed by atoms with Crippen molar-refractivity contribution in [3.63, 3.8) is 0 Å². The van der Waals surface area contributed by atoms with Crippen LogP contribution in [0.25, 0.3) is 0 Å². The minimum atomic E-state index is -0.592. The normalized spacial score (nSPS) is 12.4. The highest BCUT2D eigenvalue weighted by Crippen LogP contribution is 2.25. The van der Waals surface area contributed by atoms with E-state index in [0.29, 0.717) is 5.69 Å². The Morgan fingerprint density at radius 3 is 2.22 bits per heavy atom. The van der Waals surface area contributed by atoms with Gasteiger partial charge in [-0.2, -0.15) is 0 Å². The Morgan fingerprint density at radius 2 is 1.67 bits per heavy atom. The highest BCUT2D eigenvalue weighted by molar-refractivity contribution is 5.30. The summed E-state index contributed by atoms with van der Waals surface area (Å²) in [5.74, 6) is -1.14. The molecule has 0 fully saturated rings. The van der Waals surface area contributed by atoms with Gasteiger partial charge in [0.2, 0.25) is 0 Å². The van der Waals surface area contributed by atoms with E-state index in [0.717, 1.165) is 5.69 Å². The van der Waals surface area contributed by atoms with Crippen LogP contribution in [0.15, 0.2) is 36.4 Å². The van der Waals surface area contributed by atoms with Crippen molar-refractivity contribution >= 4 is 0 Å². The van der Waals surface area contributed by atoms with Crippen LogP contribution >= 0.6 is 0 Å². The molecule has 0 aliphatic carbocycles. The van der Waals surface area contributed by atoms with Gasteiger partial charge in [0, 0.05) is 11.3 Å². The largest absolute Gasteiger partial charge is 0.308 e. The monoisotopic (exact) mass is 248 g/mol. The zero-order valence-electron chi connectivity index (χ0n) is 10.2. The number of pyridine rings is 1. The third-order valence-electron chi connectivity index (χ3n) is 2.78. The molecule has 1 heterocycles. The molecule has 1 atom stereocenters. The van der Waals surface area contributed by atoms with Gasteiger partial charge >= 0.3 is 0 Å². The molecule has 0 spiro atoms. The molecule has 1 aromatic carbocycles. The van der Waals surface area contributed by atoms with Gasteiger partial charge in [-0.25, -0.2) is 8.78 Å². The van der Waals surface area contributed by atoms with E-state index in [9.17, 15) is 8.78 Å². The van der Waals surface area contributed by atoms with E-state index in [1.807, 2.05) is 19.1 Å². The fourth-order valence-electron chi connectivity index (χ4n) is 1.95. The smallest absolute Gasteiger partial charge is 0.131 e. The Labute approximate surface area is 105 Å². The van der Waals surface area contributed by atoms with Crippen LogP contribution in [-0.4, -0.2) is 12.0 Å². The molecule has 0 bridgehead atoms. The molecule has 0 amide bonds. The summed E-state index contributed by atoms with van der Waals surface area (Å²) in [5, 5.41) is 2.90. The molecule has 2 aromatic rings. The van der Waals surface area contributed by atoms with Crippen molar-refractivity contribution in [1.82, 2.24) is 10.3 Å². The molecule has 0 saturated heterocycles. The first-order valence-corrected chi connectivity index (χ1v) is 5.68. The third-order valence-corrected chi connectivity index (χ3v) is 2.78. The standard InChI is InChI=1S/C14H14F2N2/c1-9-5-3-8-12(18-9)14(17-2)13-10(15)6-4-7-11(13)16/h3-8,14,17H,1-2H3. The second-order valence-electron chi connectivity index (χ2n) is 4.06. The summed E-state index contributed by atoms with van der Waals surface area (Å²) in [6.45, 7) is 1.84. The Kier molecular flexibility index (Phi) is 3.67. The summed E-state index contributed by atoms with van der Waals surface area (Å²) in [6.07, 6.45) is 0. The Bertz CT molecular complexity index is 535. The number of benzene rings is 1. The number of aryl methyl sites for hydroxylation is 1. The summed E-state index contributed by atoms with van der Waals surface area (Å²) >= 11 is 0. The Balaban J connectivity index is 2.52. The van der Waals surface area contributed by atoms with E-state index in [1.54, 1.807) is 13.1 Å². The van der Waals surface area contributed by atoms with Gasteiger partial charge in [0.1, 0.15) is 11.6 Å². The average molecular weight is 248 g/mol. The fraction of sp³-hybridized carbons (Fsp3) is 0.214. The number of aromatic nitrogens is 1. The van der Waals surface area contributed by atoms with Gasteiger partial charge in [-0.05, 0) is 38.2 Å². The SMILES string of the molecule is CNC(c1cccc(C)n1)c1c(F)cccc1F. The highest BCUT2D eigenvalue weighted by atomic mass is 19.1. The van der Waals surface area contributed by atoms with Crippen LogP contribution < -0.4 is 5.32 Å². The van der Waals surface area contributed by atoms with Crippen molar-refractivity contribution in [3.8, 4) is 0 Å². The van der Waals surface area contributed by atoms with Crippen LogP contribution in [0, 0.1) is 18.6 Å². The van der Waals surface area contributed by atoms with Crippen LogP contribution in [0.1, 0.15) is 23.0 Å². The molecule has 18 heavy (non-hydrogen) atoms. The van der Waals surface area contributed by atoms with E-state index in [2.05, 4.69) is 10.3 Å². The van der Waals surface area contributed by atoms with Gasteiger partial charge in [-0.3, -0.25) is 4.98 Å². The number of halogens is 2. The molecule has 0 radical (unpaired) electrons. The van der Waals surface area contributed by atoms with Crippen molar-refractivity contribution in [2.45, 2.75) is 13.0 Å². The summed E-state index contributed by atoms with van der Waals surface area (Å²) in [6, 6.07) is 8.67. The van der Waals surface area contributed by atoms with E-state index in [4.69, 9.17) is 0 Å². The summed E-state index contributed by atoms with van der Waals surface area (Å²) < 4.78 is 27.5. The molecule has 1 unspecified atom stereocenters. The molecule has 0 saturated carbocycles. The van der Waals surface area contributed by atoms with Crippen LogP contribution in [0.3, 0.4) is 0 Å². The van der Waals surface area contributed by atoms with Crippen LogP contribution in [0.5, 0.6) is 0 Å². The maximum atomic E-state index is 13.8. The van der Waals surface area contributed by atoms with Gasteiger partial charge in [0.05, 0.1) is 11.7 Å². The van der Waals surface area contributed by atoms with E-state index >= 15 is 0 Å². The molecular formula is C14H14F2N2. The quantitative estimate of drug-likeness (QED) is 0.903. The van der Waals surface area contributed by atoms with Crippen molar-refractivity contribution in [3.05, 3.63) is 65.0 Å². The van der Waals surface area contributed by atoms with Crippen LogP contribution in [0.4, 0.5) is 8.78 Å². The van der Waals surface area contributed by atoms with Gasteiger partial charge in [0.15, 0.2) is 0 Å². The van der Waals surface area contributed by atoms with Gasteiger partial charge in [-0.1, -0.05) is 12.1 Å². The molecule has 94 valence electrons. The lowest BCUT2D eigenvalue weighted by atomic mass is 10.0. The van der Waals surface area contributed by atoms with Crippen molar-refractivity contribution in [1.29, 1.82) is 0 Å². The summed E-state index contributed by atoms with van der Waals surface area (Å²) in [5.41, 5.74) is 1.41. The first kappa shape index (κ1) is 12.6. The number of hydrogen-bond acceptors (Lipinski definition) is 2. The van der Waals surface area contributed by atoms with Crippen molar-refractivity contribution < 1.29 is 8.78 Å². The van der Waals surface area contributed by atoms with Crippen LogP contribution in [-0.2, 0) is 0 Å². The summed E-state index contributed by atoms with van der Waals surface area (Å²) in [7, 11) is 1.65. The van der Waals surface area contributed by atoms with Gasteiger partial charge < -0.3 is 5.32 Å². The lowest BCUT2D eigenvalue weighted by Crippen LogP contribution is -2.21. The van der Waals surface area contributed by atoms with Crippen LogP contribution in [0.2, 0.25) is 0 Å². The predicted octanol–water partition coefficient (Wildman–Crippen LogP) is 2.98. The maximum Gasteiger partial charge on any atom is 0.131 e. The fourth-order valence-corrected chi connectivity index (χ4v) is 1.95. The first-order chi connectivity index (χ1) is 8.63. The third kappa shape index (κ3) is 2.38. The van der Waals surface area contributed by atoms with E-state index < -0.39 is 17.7 Å². The van der Waals surface area contributed by atoms with E-state index in [1.165, 1.54) is 18.2 Å². The highest BCUT2D eigenvalue weighted by Gasteiger charge is 2.21. The minimum Gasteiger partial charge on any atom is -0.308 e. The molecule has 2 rings (SSSR count). The van der Waals surface area contributed by atoms with Gasteiger partial charge in [0.25, 0.3) is 0 Å². The zero-order chi connectivity index (χ0) is 13.1. The Hall–Kier alpha value is -1.81.